The van der Waals surface area contributed by atoms with E-state index in [4.69, 9.17) is 9.47 Å². The number of amides is 2. The summed E-state index contributed by atoms with van der Waals surface area (Å²) in [7, 11) is 1.59. The van der Waals surface area contributed by atoms with Crippen LogP contribution >= 0.6 is 0 Å². The zero-order chi connectivity index (χ0) is 21.3. The lowest BCUT2D eigenvalue weighted by molar-refractivity contribution is -0.118. The summed E-state index contributed by atoms with van der Waals surface area (Å²) in [6.45, 7) is 2.32. The highest BCUT2D eigenvalue weighted by Gasteiger charge is 2.16. The van der Waals surface area contributed by atoms with E-state index in [2.05, 4.69) is 5.32 Å². The van der Waals surface area contributed by atoms with Crippen molar-refractivity contribution in [2.24, 2.45) is 0 Å². The van der Waals surface area contributed by atoms with Gasteiger partial charge in [0, 0.05) is 23.5 Å². The number of methoxy groups -OCH3 is 1. The van der Waals surface area contributed by atoms with E-state index in [1.165, 1.54) is 0 Å². The zero-order valence-corrected chi connectivity index (χ0v) is 17.0. The quantitative estimate of drug-likeness (QED) is 0.605. The molecule has 0 unspecified atom stereocenters. The van der Waals surface area contributed by atoms with Gasteiger partial charge in [0.05, 0.1) is 7.11 Å². The first-order valence-electron chi connectivity index (χ1n) is 9.64. The van der Waals surface area contributed by atoms with Gasteiger partial charge in [0.1, 0.15) is 11.5 Å². The molecule has 0 radical (unpaired) electrons. The molecule has 0 fully saturated rings. The molecular weight excluding hydrogens is 380 g/mol. The number of benzene rings is 3. The molecule has 6 heteroatoms. The number of carbonyl (C=O) groups is 2. The number of ether oxygens (including phenoxy) is 2. The van der Waals surface area contributed by atoms with E-state index in [1.807, 2.05) is 37.3 Å². The predicted molar refractivity (Wildman–Crippen MR) is 117 cm³/mol. The highest BCUT2D eigenvalue weighted by Crippen LogP contribution is 2.19. The third kappa shape index (κ3) is 5.38. The monoisotopic (exact) mass is 404 g/mol. The van der Waals surface area contributed by atoms with Crippen LogP contribution in [0.5, 0.6) is 11.5 Å². The molecule has 6 nitrogen and oxygen atoms in total. The summed E-state index contributed by atoms with van der Waals surface area (Å²) in [5.41, 5.74) is 1.86. The van der Waals surface area contributed by atoms with Crippen LogP contribution in [0, 0.1) is 0 Å². The van der Waals surface area contributed by atoms with Crippen LogP contribution in [0.2, 0.25) is 0 Å². The van der Waals surface area contributed by atoms with Gasteiger partial charge in [0.25, 0.3) is 11.8 Å². The van der Waals surface area contributed by atoms with Crippen LogP contribution in [0.3, 0.4) is 0 Å². The number of anilines is 2. The third-order valence-electron chi connectivity index (χ3n) is 4.45. The van der Waals surface area contributed by atoms with Crippen molar-refractivity contribution < 1.29 is 19.1 Å². The number of para-hydroxylation sites is 1. The standard InChI is InChI=1S/C24H24N2O4/c1-3-26(20-10-5-4-6-11-20)24(28)18-8-7-9-19(16-18)25-23(27)17-30-22-14-12-21(29-2)13-15-22/h4-16H,3,17H2,1-2H3,(H,25,27). The van der Waals surface area contributed by atoms with Gasteiger partial charge in [-0.2, -0.15) is 0 Å². The first kappa shape index (κ1) is 20.9. The van der Waals surface area contributed by atoms with Gasteiger partial charge in [-0.25, -0.2) is 0 Å². The van der Waals surface area contributed by atoms with Crippen molar-refractivity contribution in [3.05, 3.63) is 84.4 Å². The molecule has 3 aromatic rings. The van der Waals surface area contributed by atoms with Gasteiger partial charge < -0.3 is 19.7 Å². The van der Waals surface area contributed by atoms with Gasteiger partial charge in [-0.05, 0) is 61.5 Å². The largest absolute Gasteiger partial charge is 0.497 e. The SMILES string of the molecule is CCN(C(=O)c1cccc(NC(=O)COc2ccc(OC)cc2)c1)c1ccccc1. The summed E-state index contributed by atoms with van der Waals surface area (Å²) in [5, 5.41) is 2.77. The molecule has 0 saturated heterocycles. The minimum absolute atomic E-state index is 0.130. The number of nitrogens with one attached hydrogen (secondary N) is 1. The smallest absolute Gasteiger partial charge is 0.262 e. The van der Waals surface area contributed by atoms with Crippen molar-refractivity contribution in [3.63, 3.8) is 0 Å². The molecule has 1 N–H and O–H groups in total. The van der Waals surface area contributed by atoms with Gasteiger partial charge in [-0.15, -0.1) is 0 Å². The number of carbonyl (C=O) groups excluding carboxylic acids is 2. The van der Waals surface area contributed by atoms with Gasteiger partial charge >= 0.3 is 0 Å². The summed E-state index contributed by atoms with van der Waals surface area (Å²) in [6.07, 6.45) is 0. The number of hydrogen-bond acceptors (Lipinski definition) is 4. The molecule has 0 aliphatic rings. The van der Waals surface area contributed by atoms with E-state index in [0.717, 1.165) is 5.69 Å². The Morgan fingerprint density at radius 1 is 0.900 bits per heavy atom. The highest BCUT2D eigenvalue weighted by molar-refractivity contribution is 6.07. The Hall–Kier alpha value is -3.80. The van der Waals surface area contributed by atoms with Crippen LogP contribution in [0.25, 0.3) is 0 Å². The maximum atomic E-state index is 13.0. The second-order valence-corrected chi connectivity index (χ2v) is 6.48. The normalized spacial score (nSPS) is 10.2. The van der Waals surface area contributed by atoms with Crippen molar-refractivity contribution in [1.82, 2.24) is 0 Å². The van der Waals surface area contributed by atoms with E-state index in [9.17, 15) is 9.59 Å². The van der Waals surface area contributed by atoms with Crippen molar-refractivity contribution in [2.75, 3.05) is 30.5 Å². The van der Waals surface area contributed by atoms with Gasteiger partial charge in [-0.3, -0.25) is 9.59 Å². The van der Waals surface area contributed by atoms with Crippen molar-refractivity contribution in [1.29, 1.82) is 0 Å². The Morgan fingerprint density at radius 2 is 1.60 bits per heavy atom. The van der Waals surface area contributed by atoms with Crippen LogP contribution < -0.4 is 19.7 Å². The van der Waals surface area contributed by atoms with Crippen LogP contribution in [0.1, 0.15) is 17.3 Å². The first-order valence-corrected chi connectivity index (χ1v) is 9.64. The molecule has 3 aromatic carbocycles. The van der Waals surface area contributed by atoms with E-state index >= 15 is 0 Å². The fraction of sp³-hybridized carbons (Fsp3) is 0.167. The molecule has 2 amide bonds. The van der Waals surface area contributed by atoms with Crippen LogP contribution in [-0.4, -0.2) is 32.1 Å². The lowest BCUT2D eigenvalue weighted by Gasteiger charge is -2.21. The molecule has 0 atom stereocenters. The van der Waals surface area contributed by atoms with E-state index in [1.54, 1.807) is 60.5 Å². The van der Waals surface area contributed by atoms with E-state index < -0.39 is 0 Å². The van der Waals surface area contributed by atoms with E-state index in [-0.39, 0.29) is 18.4 Å². The summed E-state index contributed by atoms with van der Waals surface area (Å²) < 4.78 is 10.6. The molecule has 3 rings (SSSR count). The highest BCUT2D eigenvalue weighted by atomic mass is 16.5. The average molecular weight is 404 g/mol. The zero-order valence-electron chi connectivity index (χ0n) is 17.0. The van der Waals surface area contributed by atoms with E-state index in [0.29, 0.717) is 29.3 Å². The Balaban J connectivity index is 1.62. The molecule has 0 aliphatic heterocycles. The Bertz CT molecular complexity index is 988. The summed E-state index contributed by atoms with van der Waals surface area (Å²) in [6, 6.07) is 23.3. The van der Waals surface area contributed by atoms with Crippen LogP contribution in [0.4, 0.5) is 11.4 Å². The van der Waals surface area contributed by atoms with Crippen molar-refractivity contribution in [2.45, 2.75) is 6.92 Å². The molecular formula is C24H24N2O4. The van der Waals surface area contributed by atoms with Crippen LogP contribution in [0.15, 0.2) is 78.9 Å². The van der Waals surface area contributed by atoms with Gasteiger partial charge in [0.15, 0.2) is 6.61 Å². The summed E-state index contributed by atoms with van der Waals surface area (Å²) >= 11 is 0. The molecule has 0 bridgehead atoms. The number of hydrogen-bond donors (Lipinski definition) is 1. The minimum atomic E-state index is -0.314. The Kier molecular flexibility index (Phi) is 7.05. The molecule has 30 heavy (non-hydrogen) atoms. The van der Waals surface area contributed by atoms with Gasteiger partial charge in [0.2, 0.25) is 0 Å². The molecule has 0 heterocycles. The lowest BCUT2D eigenvalue weighted by Crippen LogP contribution is -2.30. The van der Waals surface area contributed by atoms with Crippen molar-refractivity contribution in [3.8, 4) is 11.5 Å². The summed E-state index contributed by atoms with van der Waals surface area (Å²) in [4.78, 5) is 26.9. The second kappa shape index (κ2) is 10.1. The van der Waals surface area contributed by atoms with Crippen molar-refractivity contribution >= 4 is 23.2 Å². The fourth-order valence-electron chi connectivity index (χ4n) is 2.96. The topological polar surface area (TPSA) is 67.9 Å². The second-order valence-electron chi connectivity index (χ2n) is 6.48. The molecule has 0 aliphatic carbocycles. The van der Waals surface area contributed by atoms with Gasteiger partial charge in [-0.1, -0.05) is 24.3 Å². The fourth-order valence-corrected chi connectivity index (χ4v) is 2.96. The predicted octanol–water partition coefficient (Wildman–Crippen LogP) is 4.38. The maximum Gasteiger partial charge on any atom is 0.262 e. The Labute approximate surface area is 176 Å². The molecule has 0 saturated carbocycles. The molecule has 154 valence electrons. The van der Waals surface area contributed by atoms with Crippen LogP contribution in [-0.2, 0) is 4.79 Å². The molecule has 0 aromatic heterocycles. The average Bonchev–Trinajstić information content (AvgIpc) is 2.79. The first-order chi connectivity index (χ1) is 14.6. The number of rotatable bonds is 8. The lowest BCUT2D eigenvalue weighted by atomic mass is 10.1. The Morgan fingerprint density at radius 3 is 2.27 bits per heavy atom. The minimum Gasteiger partial charge on any atom is -0.497 e. The maximum absolute atomic E-state index is 13.0. The molecule has 0 spiro atoms. The third-order valence-corrected chi connectivity index (χ3v) is 4.45. The summed E-state index contributed by atoms with van der Waals surface area (Å²) in [5.74, 6) is 0.835. The number of nitrogens with zero attached hydrogens (tertiary/aromatic N) is 1.